The summed E-state index contributed by atoms with van der Waals surface area (Å²) in [5, 5.41) is 4.10. The van der Waals surface area contributed by atoms with Gasteiger partial charge < -0.3 is 14.6 Å². The van der Waals surface area contributed by atoms with E-state index in [4.69, 9.17) is 16.3 Å². The van der Waals surface area contributed by atoms with Crippen LogP contribution in [0.15, 0.2) is 59.6 Å². The summed E-state index contributed by atoms with van der Waals surface area (Å²) in [6, 6.07) is 14.7. The van der Waals surface area contributed by atoms with Gasteiger partial charge in [0.25, 0.3) is 0 Å². The van der Waals surface area contributed by atoms with Crippen molar-refractivity contribution in [3.63, 3.8) is 0 Å². The molecule has 0 saturated heterocycles. The van der Waals surface area contributed by atoms with E-state index in [1.807, 2.05) is 42.6 Å². The van der Waals surface area contributed by atoms with Crippen molar-refractivity contribution in [3.05, 3.63) is 71.1 Å². The molecule has 1 N–H and O–H groups in total. The van der Waals surface area contributed by atoms with E-state index in [-0.39, 0.29) is 6.10 Å². The first-order valence-electron chi connectivity index (χ1n) is 9.32. The van der Waals surface area contributed by atoms with Crippen molar-refractivity contribution < 1.29 is 13.2 Å². The second-order valence-electron chi connectivity index (χ2n) is 7.16. The molecule has 0 aliphatic carbocycles. The number of halogens is 1. The number of nitrogens with zero attached hydrogens (tertiary/aromatic N) is 2. The third-order valence-electron chi connectivity index (χ3n) is 4.97. The molecule has 0 bridgehead atoms. The highest BCUT2D eigenvalue weighted by Crippen LogP contribution is 2.26. The quantitative estimate of drug-likeness (QED) is 0.648. The number of aromatic nitrogens is 2. The first kappa shape index (κ1) is 20.1. The van der Waals surface area contributed by atoms with E-state index in [1.165, 1.54) is 6.26 Å². The molecule has 3 aromatic rings. The summed E-state index contributed by atoms with van der Waals surface area (Å²) in [6.45, 7) is 2.52. The fourth-order valence-electron chi connectivity index (χ4n) is 3.39. The minimum absolute atomic E-state index is 0.0260. The zero-order valence-electron chi connectivity index (χ0n) is 16.0. The van der Waals surface area contributed by atoms with Gasteiger partial charge in [0.2, 0.25) is 0 Å². The van der Waals surface area contributed by atoms with Crippen LogP contribution in [-0.4, -0.2) is 36.9 Å². The van der Waals surface area contributed by atoms with Gasteiger partial charge in [0, 0.05) is 24.4 Å². The number of ether oxygens (including phenoxy) is 1. The van der Waals surface area contributed by atoms with Crippen LogP contribution in [0.1, 0.15) is 11.4 Å². The van der Waals surface area contributed by atoms with Crippen LogP contribution >= 0.6 is 11.6 Å². The Morgan fingerprint density at radius 2 is 1.90 bits per heavy atom. The van der Waals surface area contributed by atoms with Gasteiger partial charge in [-0.15, -0.1) is 0 Å². The second kappa shape index (κ2) is 8.28. The minimum Gasteiger partial charge on any atom is -0.367 e. The lowest BCUT2D eigenvalue weighted by Crippen LogP contribution is -2.36. The highest BCUT2D eigenvalue weighted by atomic mass is 35.5. The lowest BCUT2D eigenvalue weighted by molar-refractivity contribution is 0.00326. The van der Waals surface area contributed by atoms with Crippen molar-refractivity contribution in [1.29, 1.82) is 0 Å². The predicted molar refractivity (Wildman–Crippen MR) is 113 cm³/mol. The number of hydrogen-bond donors (Lipinski definition) is 1. The molecule has 1 aromatic heterocycles. The molecule has 1 aliphatic rings. The summed E-state index contributed by atoms with van der Waals surface area (Å²) in [7, 11) is -3.17. The van der Waals surface area contributed by atoms with Gasteiger partial charge in [0.15, 0.2) is 9.84 Å². The average molecular weight is 432 g/mol. The van der Waals surface area contributed by atoms with Gasteiger partial charge in [-0.05, 0) is 35.4 Å². The Balaban J connectivity index is 1.37. The summed E-state index contributed by atoms with van der Waals surface area (Å²) in [5.41, 5.74) is 3.16. The van der Waals surface area contributed by atoms with E-state index in [0.717, 1.165) is 22.6 Å². The Morgan fingerprint density at radius 1 is 1.17 bits per heavy atom. The number of nitrogens with one attached hydrogen (secondary N) is 1. The third kappa shape index (κ3) is 4.70. The van der Waals surface area contributed by atoms with Crippen molar-refractivity contribution in [2.45, 2.75) is 30.7 Å². The topological polar surface area (TPSA) is 73.2 Å². The molecule has 1 atom stereocenters. The normalized spacial score (nSPS) is 16.6. The molecule has 6 nitrogen and oxygen atoms in total. The van der Waals surface area contributed by atoms with Crippen LogP contribution in [-0.2, 0) is 34.3 Å². The van der Waals surface area contributed by atoms with Crippen molar-refractivity contribution >= 4 is 21.4 Å². The van der Waals surface area contributed by atoms with E-state index in [2.05, 4.69) is 14.9 Å². The third-order valence-corrected chi connectivity index (χ3v) is 6.35. The zero-order valence-corrected chi connectivity index (χ0v) is 17.6. The molecule has 0 unspecified atom stereocenters. The first-order chi connectivity index (χ1) is 13.9. The fraction of sp³-hybridized carbons (Fsp3) is 0.286. The average Bonchev–Trinajstić information content (AvgIpc) is 3.12. The Kier molecular flexibility index (Phi) is 5.74. The Bertz CT molecular complexity index is 1090. The van der Waals surface area contributed by atoms with Gasteiger partial charge in [-0.2, -0.15) is 0 Å². The van der Waals surface area contributed by atoms with E-state index in [0.29, 0.717) is 36.2 Å². The number of sulfone groups is 1. The summed E-state index contributed by atoms with van der Waals surface area (Å²) >= 11 is 6.00. The van der Waals surface area contributed by atoms with Gasteiger partial charge in [-0.1, -0.05) is 35.9 Å². The maximum absolute atomic E-state index is 11.5. The van der Waals surface area contributed by atoms with Crippen molar-refractivity contribution in [2.24, 2.45) is 0 Å². The molecule has 2 heterocycles. The van der Waals surface area contributed by atoms with Crippen molar-refractivity contribution in [3.8, 4) is 11.3 Å². The molecule has 0 saturated carbocycles. The first-order valence-corrected chi connectivity index (χ1v) is 11.6. The molecule has 0 fully saturated rings. The highest BCUT2D eigenvalue weighted by molar-refractivity contribution is 7.90. The number of rotatable bonds is 6. The van der Waals surface area contributed by atoms with Gasteiger partial charge in [-0.25, -0.2) is 13.4 Å². The molecule has 8 heteroatoms. The molecule has 0 spiro atoms. The maximum atomic E-state index is 11.5. The summed E-state index contributed by atoms with van der Waals surface area (Å²) in [6.07, 6.45) is 3.11. The second-order valence-corrected chi connectivity index (χ2v) is 9.61. The number of benzene rings is 2. The van der Waals surface area contributed by atoms with Crippen LogP contribution in [0.3, 0.4) is 0 Å². The van der Waals surface area contributed by atoms with E-state index in [9.17, 15) is 8.42 Å². The van der Waals surface area contributed by atoms with Crippen LogP contribution in [0, 0.1) is 0 Å². The molecule has 0 radical (unpaired) electrons. The molecular formula is C21H22ClN3O3S. The van der Waals surface area contributed by atoms with Crippen LogP contribution in [0.5, 0.6) is 0 Å². The Labute approximate surface area is 175 Å². The largest absolute Gasteiger partial charge is 0.367 e. The molecule has 2 aromatic carbocycles. The zero-order chi connectivity index (χ0) is 20.4. The summed E-state index contributed by atoms with van der Waals surface area (Å²) in [5.74, 6) is 0.919. The molecule has 29 heavy (non-hydrogen) atoms. The van der Waals surface area contributed by atoms with Crippen LogP contribution in [0.25, 0.3) is 11.3 Å². The molecule has 152 valence electrons. The van der Waals surface area contributed by atoms with Crippen LogP contribution < -0.4 is 5.32 Å². The van der Waals surface area contributed by atoms with E-state index < -0.39 is 9.84 Å². The van der Waals surface area contributed by atoms with Crippen molar-refractivity contribution in [2.75, 3.05) is 12.8 Å². The Hall–Kier alpha value is -2.19. The summed E-state index contributed by atoms with van der Waals surface area (Å²) in [4.78, 5) is 4.81. The standard InChI is InChI=1S/C21H22ClN3O3S/c1-29(26,27)19-8-2-15(3-9-19)10-23-11-18-13-25-20(12-24-21(25)14-28-18)16-4-6-17(22)7-5-16/h2-9,12,18,23H,10-11,13-14H2,1H3/t18-/m0/s1. The monoisotopic (exact) mass is 431 g/mol. The summed E-state index contributed by atoms with van der Waals surface area (Å²) < 4.78 is 31.2. The SMILES string of the molecule is CS(=O)(=O)c1ccc(CNC[C@H]2Cn3c(-c4ccc(Cl)cc4)cnc3CO2)cc1. The maximum Gasteiger partial charge on any atom is 0.175 e. The fourth-order valence-corrected chi connectivity index (χ4v) is 4.14. The van der Waals surface area contributed by atoms with Crippen molar-refractivity contribution in [1.82, 2.24) is 14.9 Å². The molecule has 1 aliphatic heterocycles. The number of hydrogen-bond acceptors (Lipinski definition) is 5. The molecular weight excluding hydrogens is 410 g/mol. The number of imidazole rings is 1. The van der Waals surface area contributed by atoms with Gasteiger partial charge >= 0.3 is 0 Å². The number of fused-ring (bicyclic) bond motifs is 1. The van der Waals surface area contributed by atoms with Gasteiger partial charge in [-0.3, -0.25) is 0 Å². The lowest BCUT2D eigenvalue weighted by Gasteiger charge is -2.26. The van der Waals surface area contributed by atoms with Gasteiger partial charge in [0.1, 0.15) is 12.4 Å². The minimum atomic E-state index is -3.17. The molecule has 4 rings (SSSR count). The highest BCUT2D eigenvalue weighted by Gasteiger charge is 2.22. The predicted octanol–water partition coefficient (Wildman–Crippen LogP) is 3.30. The van der Waals surface area contributed by atoms with Crippen LogP contribution in [0.2, 0.25) is 5.02 Å². The molecule has 0 amide bonds. The lowest BCUT2D eigenvalue weighted by atomic mass is 10.1. The van der Waals surface area contributed by atoms with Gasteiger partial charge in [0.05, 0.1) is 29.4 Å². The van der Waals surface area contributed by atoms with E-state index >= 15 is 0 Å². The van der Waals surface area contributed by atoms with Crippen LogP contribution in [0.4, 0.5) is 0 Å². The Morgan fingerprint density at radius 3 is 2.59 bits per heavy atom. The van der Waals surface area contributed by atoms with E-state index in [1.54, 1.807) is 12.1 Å². The smallest absolute Gasteiger partial charge is 0.175 e.